The third kappa shape index (κ3) is 5.84. The molecule has 10 heteroatoms. The predicted molar refractivity (Wildman–Crippen MR) is 112 cm³/mol. The molecule has 2 heterocycles. The number of sulfone groups is 1. The molecule has 0 spiro atoms. The summed E-state index contributed by atoms with van der Waals surface area (Å²) in [7, 11) is -3.71. The zero-order valence-electron chi connectivity index (χ0n) is 17.3. The fourth-order valence-electron chi connectivity index (χ4n) is 3.71. The van der Waals surface area contributed by atoms with Gasteiger partial charge in [0.25, 0.3) is 0 Å². The summed E-state index contributed by atoms with van der Waals surface area (Å²) >= 11 is 0. The van der Waals surface area contributed by atoms with Gasteiger partial charge in [-0.3, -0.25) is 9.69 Å². The Morgan fingerprint density at radius 3 is 2.52 bits per heavy atom. The number of esters is 1. The molecule has 31 heavy (non-hydrogen) atoms. The topological polar surface area (TPSA) is 110 Å². The highest BCUT2D eigenvalue weighted by atomic mass is 32.2. The zero-order valence-corrected chi connectivity index (χ0v) is 18.1. The maximum absolute atomic E-state index is 12.5. The quantitative estimate of drug-likeness (QED) is 0.578. The molecule has 2 aliphatic rings. The summed E-state index contributed by atoms with van der Waals surface area (Å²) < 4.78 is 34.6. The van der Waals surface area contributed by atoms with E-state index >= 15 is 0 Å². The number of carbonyl (C=O) groups is 3. The molecule has 1 atom stereocenters. The minimum atomic E-state index is -3.71. The molecular formula is C21H26N2O7S. The Bertz CT molecular complexity index is 938. The molecule has 3 rings (SSSR count). The lowest BCUT2D eigenvalue weighted by molar-refractivity contribution is -0.148. The summed E-state index contributed by atoms with van der Waals surface area (Å²) in [6.45, 7) is 2.43. The van der Waals surface area contributed by atoms with Crippen LogP contribution in [0.15, 0.2) is 35.7 Å². The van der Waals surface area contributed by atoms with Crippen LogP contribution >= 0.6 is 0 Å². The van der Waals surface area contributed by atoms with Gasteiger partial charge in [-0.1, -0.05) is 30.3 Å². The van der Waals surface area contributed by atoms with Gasteiger partial charge in [0.1, 0.15) is 12.4 Å². The molecule has 0 unspecified atom stereocenters. The van der Waals surface area contributed by atoms with Crippen LogP contribution in [0.3, 0.4) is 0 Å². The average molecular weight is 451 g/mol. The largest absolute Gasteiger partial charge is 0.464 e. The van der Waals surface area contributed by atoms with Gasteiger partial charge in [-0.15, -0.1) is 0 Å². The number of nitrogens with zero attached hydrogens (tertiary/aromatic N) is 2. The summed E-state index contributed by atoms with van der Waals surface area (Å²) in [6, 6.07) is 7.90. The zero-order chi connectivity index (χ0) is 22.4. The normalized spacial score (nSPS) is 20.2. The van der Waals surface area contributed by atoms with E-state index in [-0.39, 0.29) is 19.3 Å². The Morgan fingerprint density at radius 2 is 1.87 bits per heavy atom. The number of likely N-dealkylation sites (tertiary alicyclic amines) is 1. The van der Waals surface area contributed by atoms with Gasteiger partial charge in [0.15, 0.2) is 15.9 Å². The molecule has 1 aromatic rings. The number of rotatable bonds is 7. The third-order valence-corrected chi connectivity index (χ3v) is 6.47. The second kappa shape index (κ2) is 9.95. The minimum Gasteiger partial charge on any atom is -0.464 e. The summed E-state index contributed by atoms with van der Waals surface area (Å²) in [5.74, 6) is -1.61. The van der Waals surface area contributed by atoms with Crippen molar-refractivity contribution in [2.24, 2.45) is 0 Å². The van der Waals surface area contributed by atoms with E-state index in [1.165, 1.54) is 15.9 Å². The molecule has 0 N–H and O–H groups in total. The van der Waals surface area contributed by atoms with E-state index < -0.39 is 39.6 Å². The lowest BCUT2D eigenvalue weighted by Crippen LogP contribution is -2.52. The standard InChI is InChI=1S/C21H26N2O7S/c1-2-29-20(25)18-14-30-21(26)23(18)17-8-11-22(12-9-17)19(24)15-31(27,28)13-10-16-6-4-3-5-7-16/h3-7,10,13,17-18H,2,8-9,11-12,14-15H2,1H3/b13-10+/t18-/m0/s1. The first-order chi connectivity index (χ1) is 14.8. The lowest BCUT2D eigenvalue weighted by Gasteiger charge is -2.37. The first-order valence-corrected chi connectivity index (χ1v) is 11.9. The number of hydrogen-bond donors (Lipinski definition) is 0. The van der Waals surface area contributed by atoms with E-state index in [1.807, 2.05) is 6.07 Å². The van der Waals surface area contributed by atoms with Crippen molar-refractivity contribution >= 4 is 33.9 Å². The Labute approximate surface area is 181 Å². The van der Waals surface area contributed by atoms with Gasteiger partial charge in [0, 0.05) is 24.5 Å². The molecular weight excluding hydrogens is 424 g/mol. The van der Waals surface area contributed by atoms with E-state index in [4.69, 9.17) is 9.47 Å². The van der Waals surface area contributed by atoms with Crippen molar-refractivity contribution < 1.29 is 32.3 Å². The first kappa shape index (κ1) is 22.8. The van der Waals surface area contributed by atoms with E-state index in [9.17, 15) is 22.8 Å². The van der Waals surface area contributed by atoms with Gasteiger partial charge in [-0.2, -0.15) is 0 Å². The molecule has 0 saturated carbocycles. The predicted octanol–water partition coefficient (Wildman–Crippen LogP) is 1.45. The van der Waals surface area contributed by atoms with Crippen LogP contribution in [0.4, 0.5) is 4.79 Å². The van der Waals surface area contributed by atoms with Crippen molar-refractivity contribution in [2.45, 2.75) is 31.8 Å². The molecule has 9 nitrogen and oxygen atoms in total. The highest BCUT2D eigenvalue weighted by Crippen LogP contribution is 2.25. The number of cyclic esters (lactones) is 1. The number of hydrogen-bond acceptors (Lipinski definition) is 7. The maximum Gasteiger partial charge on any atom is 0.410 e. The molecule has 1 aromatic carbocycles. The number of ether oxygens (including phenoxy) is 2. The number of carbonyl (C=O) groups excluding carboxylic acids is 3. The summed E-state index contributed by atoms with van der Waals surface area (Å²) in [6.07, 6.45) is 1.74. The molecule has 0 radical (unpaired) electrons. The van der Waals surface area contributed by atoms with Crippen molar-refractivity contribution in [2.75, 3.05) is 32.1 Å². The fraction of sp³-hybridized carbons (Fsp3) is 0.476. The molecule has 2 aliphatic heterocycles. The Morgan fingerprint density at radius 1 is 1.19 bits per heavy atom. The molecule has 2 amide bonds. The SMILES string of the molecule is CCOC(=O)[C@@H]1COC(=O)N1C1CCN(C(=O)CS(=O)(=O)/C=C/c2ccccc2)CC1. The molecule has 0 aromatic heterocycles. The van der Waals surface area contributed by atoms with Crippen molar-refractivity contribution in [3.05, 3.63) is 41.3 Å². The summed E-state index contributed by atoms with van der Waals surface area (Å²) in [4.78, 5) is 39.6. The van der Waals surface area contributed by atoms with Crippen LogP contribution in [0.1, 0.15) is 25.3 Å². The summed E-state index contributed by atoms with van der Waals surface area (Å²) in [5.41, 5.74) is 0.730. The van der Waals surface area contributed by atoms with E-state index in [0.717, 1.165) is 11.0 Å². The van der Waals surface area contributed by atoms with Crippen molar-refractivity contribution in [3.63, 3.8) is 0 Å². The van der Waals surface area contributed by atoms with Crippen LogP contribution < -0.4 is 0 Å². The number of amides is 2. The van der Waals surface area contributed by atoms with Crippen LogP contribution in [0.2, 0.25) is 0 Å². The second-order valence-corrected chi connectivity index (χ2v) is 9.27. The number of benzene rings is 1. The van der Waals surface area contributed by atoms with Crippen LogP contribution in [-0.2, 0) is 28.9 Å². The smallest absolute Gasteiger partial charge is 0.410 e. The van der Waals surface area contributed by atoms with Gasteiger partial charge in [0.2, 0.25) is 5.91 Å². The van der Waals surface area contributed by atoms with Crippen molar-refractivity contribution in [3.8, 4) is 0 Å². The monoisotopic (exact) mass is 450 g/mol. The highest BCUT2D eigenvalue weighted by Gasteiger charge is 2.44. The van der Waals surface area contributed by atoms with E-state index in [0.29, 0.717) is 25.9 Å². The van der Waals surface area contributed by atoms with Gasteiger partial charge in [-0.25, -0.2) is 18.0 Å². The van der Waals surface area contributed by atoms with Crippen molar-refractivity contribution in [1.82, 2.24) is 9.80 Å². The van der Waals surface area contributed by atoms with Crippen LogP contribution in [0.5, 0.6) is 0 Å². The average Bonchev–Trinajstić information content (AvgIpc) is 3.14. The molecule has 168 valence electrons. The lowest BCUT2D eigenvalue weighted by atomic mass is 10.0. The fourth-order valence-corrected chi connectivity index (χ4v) is 4.69. The van der Waals surface area contributed by atoms with E-state index in [2.05, 4.69) is 0 Å². The first-order valence-electron chi connectivity index (χ1n) is 10.2. The third-order valence-electron chi connectivity index (χ3n) is 5.27. The van der Waals surface area contributed by atoms with Crippen LogP contribution in [-0.4, -0.2) is 80.3 Å². The molecule has 0 bridgehead atoms. The molecule has 2 fully saturated rings. The van der Waals surface area contributed by atoms with Gasteiger partial charge < -0.3 is 14.4 Å². The molecule has 2 saturated heterocycles. The minimum absolute atomic E-state index is 0.0528. The van der Waals surface area contributed by atoms with Gasteiger partial charge >= 0.3 is 12.1 Å². The van der Waals surface area contributed by atoms with Crippen LogP contribution in [0.25, 0.3) is 6.08 Å². The second-order valence-electron chi connectivity index (χ2n) is 7.38. The van der Waals surface area contributed by atoms with Gasteiger partial charge in [0.05, 0.1) is 6.61 Å². The summed E-state index contributed by atoms with van der Waals surface area (Å²) in [5, 5.41) is 1.05. The number of piperidine rings is 1. The van der Waals surface area contributed by atoms with Crippen molar-refractivity contribution in [1.29, 1.82) is 0 Å². The maximum atomic E-state index is 12.5. The molecule has 0 aliphatic carbocycles. The Hall–Kier alpha value is -2.88. The van der Waals surface area contributed by atoms with Crippen LogP contribution in [0, 0.1) is 0 Å². The Kier molecular flexibility index (Phi) is 7.32. The highest BCUT2D eigenvalue weighted by molar-refractivity contribution is 7.95. The van der Waals surface area contributed by atoms with E-state index in [1.54, 1.807) is 31.2 Å². The Balaban J connectivity index is 1.55. The van der Waals surface area contributed by atoms with Gasteiger partial charge in [-0.05, 0) is 31.4 Å².